The smallest absolute Gasteiger partial charge is 0.317 e. The number of aliphatic hydroxyl groups is 1. The van der Waals surface area contributed by atoms with Gasteiger partial charge in [-0.05, 0) is 44.4 Å². The summed E-state index contributed by atoms with van der Waals surface area (Å²) in [5.74, 6) is 0.382. The Bertz CT molecular complexity index is 522. The number of likely N-dealkylation sites (tertiary alicyclic amines) is 1. The van der Waals surface area contributed by atoms with E-state index in [0.717, 1.165) is 32.2 Å². The monoisotopic (exact) mass is 337 g/mol. The summed E-state index contributed by atoms with van der Waals surface area (Å²) in [6.45, 7) is 3.57. The summed E-state index contributed by atoms with van der Waals surface area (Å²) in [5, 5.41) is 13.6. The van der Waals surface area contributed by atoms with Crippen LogP contribution in [0.25, 0.3) is 0 Å². The minimum absolute atomic E-state index is 0.0271. The maximum Gasteiger partial charge on any atom is 0.317 e. The molecule has 1 aliphatic carbocycles. The summed E-state index contributed by atoms with van der Waals surface area (Å²) in [5.41, 5.74) is 1.32. The number of carbonyl (C=O) groups is 1. The van der Waals surface area contributed by atoms with Crippen LogP contribution in [0.2, 0.25) is 0 Å². The van der Waals surface area contributed by atoms with E-state index in [2.05, 4.69) is 12.2 Å². The highest BCUT2D eigenvalue weighted by Crippen LogP contribution is 2.27. The third kappa shape index (κ3) is 3.86. The molecule has 2 N–H and O–H groups in total. The van der Waals surface area contributed by atoms with Crippen molar-refractivity contribution in [2.45, 2.75) is 57.9 Å². The molecule has 2 atom stereocenters. The van der Waals surface area contributed by atoms with E-state index in [4.69, 9.17) is 4.98 Å². The van der Waals surface area contributed by atoms with Gasteiger partial charge in [-0.1, -0.05) is 6.92 Å². The first-order chi connectivity index (χ1) is 11.2. The fourth-order valence-electron chi connectivity index (χ4n) is 3.59. The third-order valence-corrected chi connectivity index (χ3v) is 6.28. The predicted octanol–water partition coefficient (Wildman–Crippen LogP) is 2.37. The summed E-state index contributed by atoms with van der Waals surface area (Å²) >= 11 is 1.86. The molecule has 6 heteroatoms. The molecule has 2 amide bonds. The van der Waals surface area contributed by atoms with Gasteiger partial charge < -0.3 is 15.3 Å². The maximum atomic E-state index is 12.2. The van der Waals surface area contributed by atoms with Gasteiger partial charge in [0.15, 0.2) is 0 Å². The van der Waals surface area contributed by atoms with Crippen LogP contribution in [0, 0.1) is 5.92 Å². The molecule has 0 radical (unpaired) electrons. The van der Waals surface area contributed by atoms with Crippen molar-refractivity contribution in [2.24, 2.45) is 5.92 Å². The van der Waals surface area contributed by atoms with E-state index >= 15 is 0 Å². The van der Waals surface area contributed by atoms with E-state index < -0.39 is 0 Å². The van der Waals surface area contributed by atoms with Crippen molar-refractivity contribution in [3.05, 3.63) is 15.6 Å². The Balaban J connectivity index is 1.41. The minimum Gasteiger partial charge on any atom is -0.394 e. The fraction of sp³-hybridized carbons (Fsp3) is 0.765. The SMILES string of the molecule is CC1CCN(C(=O)NCCCc2nc3c(s2)CCCC3)C1CO. The highest BCUT2D eigenvalue weighted by molar-refractivity contribution is 7.11. The summed E-state index contributed by atoms with van der Waals surface area (Å²) < 4.78 is 0. The van der Waals surface area contributed by atoms with Gasteiger partial charge in [-0.15, -0.1) is 11.3 Å². The molecule has 1 fully saturated rings. The number of hydrogen-bond donors (Lipinski definition) is 2. The van der Waals surface area contributed by atoms with Crippen molar-refractivity contribution in [2.75, 3.05) is 19.7 Å². The summed E-state index contributed by atoms with van der Waals surface area (Å²) in [4.78, 5) is 20.2. The molecule has 1 aromatic rings. The van der Waals surface area contributed by atoms with Crippen LogP contribution in [0.5, 0.6) is 0 Å². The van der Waals surface area contributed by atoms with Gasteiger partial charge in [0, 0.05) is 24.4 Å². The third-order valence-electron chi connectivity index (χ3n) is 5.06. The summed E-state index contributed by atoms with van der Waals surface area (Å²) in [6, 6.07) is -0.0625. The van der Waals surface area contributed by atoms with Crippen LogP contribution in [0.15, 0.2) is 0 Å². The first-order valence-corrected chi connectivity index (χ1v) is 9.63. The van der Waals surface area contributed by atoms with Gasteiger partial charge in [0.1, 0.15) is 0 Å². The van der Waals surface area contributed by atoms with Gasteiger partial charge in [0.05, 0.1) is 23.4 Å². The van der Waals surface area contributed by atoms with Crippen LogP contribution in [0.4, 0.5) is 4.79 Å². The predicted molar refractivity (Wildman–Crippen MR) is 91.8 cm³/mol. The number of thiazole rings is 1. The number of aliphatic hydroxyl groups excluding tert-OH is 1. The quantitative estimate of drug-likeness (QED) is 0.811. The van der Waals surface area contributed by atoms with Crippen LogP contribution < -0.4 is 5.32 Å². The average molecular weight is 337 g/mol. The first kappa shape index (κ1) is 16.7. The molecule has 0 saturated carbocycles. The van der Waals surface area contributed by atoms with Gasteiger partial charge in [-0.3, -0.25) is 0 Å². The lowest BCUT2D eigenvalue weighted by Gasteiger charge is -2.25. The molecule has 2 aliphatic rings. The zero-order valence-corrected chi connectivity index (χ0v) is 14.7. The Kier molecular flexibility index (Phi) is 5.54. The lowest BCUT2D eigenvalue weighted by atomic mass is 10.0. The highest BCUT2D eigenvalue weighted by atomic mass is 32.1. The molecular formula is C17H27N3O2S. The Morgan fingerprint density at radius 3 is 3.04 bits per heavy atom. The number of nitrogens with zero attached hydrogens (tertiary/aromatic N) is 2. The van der Waals surface area contributed by atoms with Crippen LogP contribution in [-0.4, -0.2) is 46.8 Å². The molecule has 0 spiro atoms. The topological polar surface area (TPSA) is 65.5 Å². The van der Waals surface area contributed by atoms with E-state index in [-0.39, 0.29) is 18.7 Å². The zero-order valence-electron chi connectivity index (χ0n) is 13.9. The van der Waals surface area contributed by atoms with E-state index in [1.54, 1.807) is 4.90 Å². The average Bonchev–Trinajstić information content (AvgIpc) is 3.13. The van der Waals surface area contributed by atoms with E-state index in [0.29, 0.717) is 12.5 Å². The number of rotatable bonds is 5. The number of urea groups is 1. The molecule has 0 aromatic carbocycles. The molecule has 128 valence electrons. The van der Waals surface area contributed by atoms with Crippen molar-refractivity contribution in [1.29, 1.82) is 0 Å². The van der Waals surface area contributed by atoms with E-state index in [1.165, 1.54) is 34.8 Å². The Labute approximate surface area is 142 Å². The van der Waals surface area contributed by atoms with Gasteiger partial charge in [-0.2, -0.15) is 0 Å². The lowest BCUT2D eigenvalue weighted by Crippen LogP contribution is -2.45. The zero-order chi connectivity index (χ0) is 16.2. The van der Waals surface area contributed by atoms with Crippen molar-refractivity contribution in [1.82, 2.24) is 15.2 Å². The molecule has 1 saturated heterocycles. The van der Waals surface area contributed by atoms with Gasteiger partial charge in [0.2, 0.25) is 0 Å². The van der Waals surface area contributed by atoms with Crippen molar-refractivity contribution in [3.8, 4) is 0 Å². The van der Waals surface area contributed by atoms with Crippen LogP contribution >= 0.6 is 11.3 Å². The number of nitrogens with one attached hydrogen (secondary N) is 1. The number of aromatic nitrogens is 1. The minimum atomic E-state index is -0.0353. The molecule has 0 bridgehead atoms. The molecule has 1 aromatic heterocycles. The number of hydrogen-bond acceptors (Lipinski definition) is 4. The molecule has 1 aliphatic heterocycles. The van der Waals surface area contributed by atoms with E-state index in [9.17, 15) is 9.90 Å². The van der Waals surface area contributed by atoms with Crippen LogP contribution in [-0.2, 0) is 19.3 Å². The second-order valence-corrected chi connectivity index (χ2v) is 7.90. The van der Waals surface area contributed by atoms with Crippen molar-refractivity contribution >= 4 is 17.4 Å². The normalized spacial score (nSPS) is 23.8. The summed E-state index contributed by atoms with van der Waals surface area (Å²) in [6.07, 6.45) is 7.74. The standard InChI is InChI=1S/C17H27N3O2S/c1-12-8-10-20(14(12)11-21)17(22)18-9-4-7-16-19-13-5-2-3-6-15(13)23-16/h12,14,21H,2-11H2,1H3,(H,18,22). The van der Waals surface area contributed by atoms with E-state index in [1.807, 2.05) is 11.3 Å². The van der Waals surface area contributed by atoms with Crippen molar-refractivity contribution < 1.29 is 9.90 Å². The molecule has 5 nitrogen and oxygen atoms in total. The molecule has 3 rings (SSSR count). The van der Waals surface area contributed by atoms with Gasteiger partial charge >= 0.3 is 6.03 Å². The Morgan fingerprint density at radius 1 is 1.43 bits per heavy atom. The van der Waals surface area contributed by atoms with Gasteiger partial charge in [-0.25, -0.2) is 9.78 Å². The fourth-order valence-corrected chi connectivity index (χ4v) is 4.79. The van der Waals surface area contributed by atoms with Gasteiger partial charge in [0.25, 0.3) is 0 Å². The number of aryl methyl sites for hydroxylation is 3. The van der Waals surface area contributed by atoms with Crippen LogP contribution in [0.3, 0.4) is 0 Å². The maximum absolute atomic E-state index is 12.2. The second kappa shape index (κ2) is 7.62. The largest absolute Gasteiger partial charge is 0.394 e. The molecule has 23 heavy (non-hydrogen) atoms. The molecule has 2 heterocycles. The number of carbonyl (C=O) groups excluding carboxylic acids is 1. The molecular weight excluding hydrogens is 310 g/mol. The number of amides is 2. The van der Waals surface area contributed by atoms with Crippen molar-refractivity contribution in [3.63, 3.8) is 0 Å². The summed E-state index contributed by atoms with van der Waals surface area (Å²) in [7, 11) is 0. The number of fused-ring (bicyclic) bond motifs is 1. The lowest BCUT2D eigenvalue weighted by molar-refractivity contribution is 0.144. The first-order valence-electron chi connectivity index (χ1n) is 8.82. The van der Waals surface area contributed by atoms with Crippen LogP contribution in [0.1, 0.15) is 48.2 Å². The molecule has 2 unspecified atom stereocenters. The Morgan fingerprint density at radius 2 is 2.26 bits per heavy atom. The Hall–Kier alpha value is -1.14. The second-order valence-electron chi connectivity index (χ2n) is 6.73. The highest BCUT2D eigenvalue weighted by Gasteiger charge is 2.33.